The van der Waals surface area contributed by atoms with Crippen molar-refractivity contribution in [3.8, 4) is 0 Å². The summed E-state index contributed by atoms with van der Waals surface area (Å²) in [5, 5.41) is 18.0. The van der Waals surface area contributed by atoms with Crippen molar-refractivity contribution >= 4 is 5.52 Å². The Morgan fingerprint density at radius 1 is 1.37 bits per heavy atom. The van der Waals surface area contributed by atoms with E-state index in [0.717, 1.165) is 17.6 Å². The van der Waals surface area contributed by atoms with E-state index in [9.17, 15) is 5.11 Å². The Kier molecular flexibility index (Phi) is 3.50. The van der Waals surface area contributed by atoms with Crippen LogP contribution in [-0.4, -0.2) is 40.1 Å². The van der Waals surface area contributed by atoms with Crippen LogP contribution in [0.3, 0.4) is 0 Å². The maximum Gasteiger partial charge on any atom is 0.0815 e. The highest BCUT2D eigenvalue weighted by atomic mass is 16.5. The number of hydrogen-bond acceptors (Lipinski definition) is 4. The number of ether oxygens (including phenoxy) is 1. The first-order chi connectivity index (χ1) is 9.27. The van der Waals surface area contributed by atoms with Gasteiger partial charge in [-0.05, 0) is 12.1 Å². The molecule has 0 aliphatic carbocycles. The summed E-state index contributed by atoms with van der Waals surface area (Å²) in [7, 11) is 0. The predicted molar refractivity (Wildman–Crippen MR) is 71.9 cm³/mol. The van der Waals surface area contributed by atoms with E-state index in [4.69, 9.17) is 4.74 Å². The van der Waals surface area contributed by atoms with Gasteiger partial charge in [0.05, 0.1) is 17.3 Å². The second kappa shape index (κ2) is 5.28. The number of fused-ring (bicyclic) bond motifs is 1. The lowest BCUT2D eigenvalue weighted by Crippen LogP contribution is -2.44. The van der Waals surface area contributed by atoms with Gasteiger partial charge in [-0.1, -0.05) is 6.07 Å². The predicted octanol–water partition coefficient (Wildman–Crippen LogP) is 0.965. The first kappa shape index (κ1) is 12.6. The minimum atomic E-state index is -0.624. The summed E-state index contributed by atoms with van der Waals surface area (Å²) in [6, 6.07) is 6.02. The summed E-state index contributed by atoms with van der Waals surface area (Å²) in [5.41, 5.74) is 1.63. The second-order valence-electron chi connectivity index (χ2n) is 5.14. The van der Waals surface area contributed by atoms with Gasteiger partial charge in [-0.15, -0.1) is 0 Å². The minimum absolute atomic E-state index is 0.598. The molecule has 0 radical (unpaired) electrons. The summed E-state index contributed by atoms with van der Waals surface area (Å²) in [6.45, 7) is 2.61. The summed E-state index contributed by atoms with van der Waals surface area (Å²) in [5.74, 6) is 0. The topological polar surface area (TPSA) is 58.8 Å². The molecule has 0 unspecified atom stereocenters. The largest absolute Gasteiger partial charge is 0.388 e. The van der Waals surface area contributed by atoms with Crippen molar-refractivity contribution in [2.75, 3.05) is 19.8 Å². The van der Waals surface area contributed by atoms with Gasteiger partial charge in [0.1, 0.15) is 0 Å². The molecule has 3 rings (SSSR count). The van der Waals surface area contributed by atoms with Gasteiger partial charge in [-0.25, -0.2) is 4.52 Å². The second-order valence-corrected chi connectivity index (χ2v) is 5.14. The summed E-state index contributed by atoms with van der Waals surface area (Å²) in [4.78, 5) is 0. The van der Waals surface area contributed by atoms with Crippen LogP contribution in [0.15, 0.2) is 30.6 Å². The lowest BCUT2D eigenvalue weighted by molar-refractivity contribution is -0.0616. The van der Waals surface area contributed by atoms with E-state index >= 15 is 0 Å². The van der Waals surface area contributed by atoms with E-state index in [1.807, 2.05) is 35.1 Å². The Morgan fingerprint density at radius 3 is 3.05 bits per heavy atom. The smallest absolute Gasteiger partial charge is 0.0815 e. The quantitative estimate of drug-likeness (QED) is 0.861. The van der Waals surface area contributed by atoms with Gasteiger partial charge in [-0.2, -0.15) is 5.10 Å². The Labute approximate surface area is 112 Å². The van der Waals surface area contributed by atoms with Gasteiger partial charge in [0.25, 0.3) is 0 Å². The number of aliphatic hydroxyl groups is 1. The molecule has 5 nitrogen and oxygen atoms in total. The van der Waals surface area contributed by atoms with Crippen molar-refractivity contribution in [1.82, 2.24) is 14.9 Å². The van der Waals surface area contributed by atoms with Gasteiger partial charge >= 0.3 is 0 Å². The molecule has 2 N–H and O–H groups in total. The van der Waals surface area contributed by atoms with Crippen LogP contribution >= 0.6 is 0 Å². The SMILES string of the molecule is OC1(CNCc2cnn3ccccc23)CCOCC1. The molecule has 1 aliphatic rings. The number of pyridine rings is 1. The Bertz CT molecular complexity index is 546. The molecule has 2 aromatic rings. The molecule has 1 aliphatic heterocycles. The zero-order chi connectivity index (χ0) is 13.1. The fourth-order valence-electron chi connectivity index (χ4n) is 2.48. The molecule has 0 amide bonds. The van der Waals surface area contributed by atoms with Gasteiger partial charge in [0.15, 0.2) is 0 Å². The molecule has 0 spiro atoms. The number of nitrogens with one attached hydrogen (secondary N) is 1. The minimum Gasteiger partial charge on any atom is -0.388 e. The fourth-order valence-corrected chi connectivity index (χ4v) is 2.48. The van der Waals surface area contributed by atoms with Crippen molar-refractivity contribution in [2.45, 2.75) is 25.0 Å². The summed E-state index contributed by atoms with van der Waals surface area (Å²) >= 11 is 0. The maximum atomic E-state index is 10.3. The highest BCUT2D eigenvalue weighted by Crippen LogP contribution is 2.19. The first-order valence-corrected chi connectivity index (χ1v) is 6.69. The molecule has 3 heterocycles. The van der Waals surface area contributed by atoms with E-state index in [0.29, 0.717) is 32.6 Å². The highest BCUT2D eigenvalue weighted by molar-refractivity contribution is 5.53. The number of nitrogens with zero attached hydrogens (tertiary/aromatic N) is 2. The van der Waals surface area contributed by atoms with Gasteiger partial charge in [0, 0.05) is 50.9 Å². The standard InChI is InChI=1S/C14H19N3O2/c18-14(4-7-19-8-5-14)11-15-9-12-10-16-17-6-2-1-3-13(12)17/h1-3,6,10,15,18H,4-5,7-9,11H2. The van der Waals surface area contributed by atoms with Gasteiger partial charge in [-0.3, -0.25) is 0 Å². The van der Waals surface area contributed by atoms with Crippen LogP contribution in [0.25, 0.3) is 5.52 Å². The molecule has 0 saturated carbocycles. The Morgan fingerprint density at radius 2 is 2.21 bits per heavy atom. The third-order valence-electron chi connectivity index (χ3n) is 3.70. The fraction of sp³-hybridized carbons (Fsp3) is 0.500. The Balaban J connectivity index is 1.60. The van der Waals surface area contributed by atoms with Crippen LogP contribution < -0.4 is 5.32 Å². The average Bonchev–Trinajstić information content (AvgIpc) is 2.83. The maximum absolute atomic E-state index is 10.3. The van der Waals surface area contributed by atoms with E-state index < -0.39 is 5.60 Å². The summed E-state index contributed by atoms with van der Waals surface area (Å²) < 4.78 is 7.13. The van der Waals surface area contributed by atoms with E-state index in [2.05, 4.69) is 10.4 Å². The van der Waals surface area contributed by atoms with Crippen molar-refractivity contribution in [3.63, 3.8) is 0 Å². The Hall–Kier alpha value is -1.43. The average molecular weight is 261 g/mol. The molecule has 102 valence electrons. The number of rotatable bonds is 4. The van der Waals surface area contributed by atoms with Crippen LogP contribution in [0.1, 0.15) is 18.4 Å². The van der Waals surface area contributed by atoms with Gasteiger partial charge in [0.2, 0.25) is 0 Å². The molecule has 1 fully saturated rings. The lowest BCUT2D eigenvalue weighted by atomic mass is 9.94. The zero-order valence-electron chi connectivity index (χ0n) is 10.9. The van der Waals surface area contributed by atoms with Crippen LogP contribution in [0.5, 0.6) is 0 Å². The third-order valence-corrected chi connectivity index (χ3v) is 3.70. The molecule has 0 aromatic carbocycles. The molecule has 2 aromatic heterocycles. The molecule has 0 atom stereocenters. The highest BCUT2D eigenvalue weighted by Gasteiger charge is 2.29. The third kappa shape index (κ3) is 2.78. The van der Waals surface area contributed by atoms with E-state index in [1.165, 1.54) is 0 Å². The van der Waals surface area contributed by atoms with Crippen molar-refractivity contribution in [3.05, 3.63) is 36.2 Å². The molecular formula is C14H19N3O2. The van der Waals surface area contributed by atoms with Crippen LogP contribution in [0.2, 0.25) is 0 Å². The molecule has 0 bridgehead atoms. The van der Waals surface area contributed by atoms with Crippen molar-refractivity contribution < 1.29 is 9.84 Å². The van der Waals surface area contributed by atoms with Gasteiger partial charge < -0.3 is 15.2 Å². The summed E-state index contributed by atoms with van der Waals surface area (Å²) in [6.07, 6.45) is 5.21. The van der Waals surface area contributed by atoms with E-state index in [-0.39, 0.29) is 0 Å². The van der Waals surface area contributed by atoms with Crippen molar-refractivity contribution in [2.24, 2.45) is 0 Å². The molecule has 19 heavy (non-hydrogen) atoms. The zero-order valence-corrected chi connectivity index (χ0v) is 10.9. The number of hydrogen-bond donors (Lipinski definition) is 2. The normalized spacial score (nSPS) is 18.8. The molecule has 5 heteroatoms. The van der Waals surface area contributed by atoms with E-state index in [1.54, 1.807) is 0 Å². The van der Waals surface area contributed by atoms with Crippen LogP contribution in [0.4, 0.5) is 0 Å². The van der Waals surface area contributed by atoms with Crippen molar-refractivity contribution in [1.29, 1.82) is 0 Å². The van der Waals surface area contributed by atoms with Crippen LogP contribution in [-0.2, 0) is 11.3 Å². The first-order valence-electron chi connectivity index (χ1n) is 6.69. The van der Waals surface area contributed by atoms with Crippen LogP contribution in [0, 0.1) is 0 Å². The number of aromatic nitrogens is 2. The lowest BCUT2D eigenvalue weighted by Gasteiger charge is -2.32. The molecular weight excluding hydrogens is 242 g/mol. The molecule has 1 saturated heterocycles. The monoisotopic (exact) mass is 261 g/mol.